The number of rotatable bonds is 8. The van der Waals surface area contributed by atoms with Crippen molar-refractivity contribution in [3.8, 4) is 11.5 Å². The van der Waals surface area contributed by atoms with Crippen molar-refractivity contribution in [1.82, 2.24) is 9.62 Å². The molecule has 8 nitrogen and oxygen atoms in total. The van der Waals surface area contributed by atoms with Gasteiger partial charge < -0.3 is 20.5 Å². The van der Waals surface area contributed by atoms with Crippen LogP contribution >= 0.6 is 0 Å². The predicted octanol–water partition coefficient (Wildman–Crippen LogP) is 1.56. The third-order valence-corrected chi connectivity index (χ3v) is 5.88. The number of ether oxygens (including phenoxy) is 2. The first kappa shape index (κ1) is 21.5. The average molecular weight is 407 g/mol. The zero-order valence-corrected chi connectivity index (χ0v) is 17.3. The maximum absolute atomic E-state index is 12.1. The zero-order chi connectivity index (χ0) is 20.7. The third kappa shape index (κ3) is 5.37. The second-order valence-corrected chi connectivity index (χ2v) is 8.33. The van der Waals surface area contributed by atoms with Crippen molar-refractivity contribution in [3.63, 3.8) is 0 Å². The summed E-state index contributed by atoms with van der Waals surface area (Å²) < 4.78 is 35.8. The molecule has 0 fully saturated rings. The van der Waals surface area contributed by atoms with Crippen LogP contribution in [-0.4, -0.2) is 47.0 Å². The van der Waals surface area contributed by atoms with Gasteiger partial charge >= 0.3 is 0 Å². The summed E-state index contributed by atoms with van der Waals surface area (Å²) in [7, 11) is 2.73. The number of nitrogens with zero attached hydrogens (tertiary/aromatic N) is 2. The molecule has 0 atom stereocenters. The van der Waals surface area contributed by atoms with Crippen LogP contribution in [0.25, 0.3) is 0 Å². The van der Waals surface area contributed by atoms with E-state index in [1.54, 1.807) is 38.5 Å². The SMILES string of the molecule is COc1ccc(CN=C(N)NCc2ccc(S(=O)(=O)N(C)C)cc2)cc1OC. The fourth-order valence-electron chi connectivity index (χ4n) is 2.39. The fourth-order valence-corrected chi connectivity index (χ4v) is 3.30. The molecule has 0 radical (unpaired) electrons. The molecule has 0 aliphatic rings. The van der Waals surface area contributed by atoms with E-state index in [0.29, 0.717) is 30.5 Å². The van der Waals surface area contributed by atoms with Crippen LogP contribution in [0.4, 0.5) is 0 Å². The summed E-state index contributed by atoms with van der Waals surface area (Å²) in [6.07, 6.45) is 0. The van der Waals surface area contributed by atoms with Gasteiger partial charge in [-0.1, -0.05) is 18.2 Å². The normalized spacial score (nSPS) is 12.1. The van der Waals surface area contributed by atoms with Gasteiger partial charge in [0.1, 0.15) is 0 Å². The molecule has 2 rings (SSSR count). The Morgan fingerprint density at radius 1 is 1.04 bits per heavy atom. The molecule has 0 aromatic heterocycles. The van der Waals surface area contributed by atoms with Crippen LogP contribution in [-0.2, 0) is 23.1 Å². The van der Waals surface area contributed by atoms with Crippen molar-refractivity contribution < 1.29 is 17.9 Å². The topological polar surface area (TPSA) is 106 Å². The Kier molecular flexibility index (Phi) is 7.24. The van der Waals surface area contributed by atoms with E-state index in [4.69, 9.17) is 15.2 Å². The molecule has 0 bridgehead atoms. The Labute approximate surface area is 166 Å². The molecule has 2 aromatic rings. The number of sulfonamides is 1. The predicted molar refractivity (Wildman–Crippen MR) is 109 cm³/mol. The number of aliphatic imine (C=N–C) groups is 1. The van der Waals surface area contributed by atoms with E-state index >= 15 is 0 Å². The molecule has 0 aliphatic carbocycles. The highest BCUT2D eigenvalue weighted by Crippen LogP contribution is 2.27. The molecule has 2 aromatic carbocycles. The first-order chi connectivity index (χ1) is 13.3. The van der Waals surface area contributed by atoms with Crippen LogP contribution in [0.1, 0.15) is 11.1 Å². The van der Waals surface area contributed by atoms with Gasteiger partial charge in [0.15, 0.2) is 17.5 Å². The number of methoxy groups -OCH3 is 2. The first-order valence-electron chi connectivity index (χ1n) is 8.54. The Morgan fingerprint density at radius 3 is 2.21 bits per heavy atom. The van der Waals surface area contributed by atoms with Crippen molar-refractivity contribution in [3.05, 3.63) is 53.6 Å². The summed E-state index contributed by atoms with van der Waals surface area (Å²) in [5, 5.41) is 3.01. The van der Waals surface area contributed by atoms with E-state index in [9.17, 15) is 8.42 Å². The van der Waals surface area contributed by atoms with Crippen molar-refractivity contribution >= 4 is 16.0 Å². The maximum atomic E-state index is 12.1. The zero-order valence-electron chi connectivity index (χ0n) is 16.5. The lowest BCUT2D eigenvalue weighted by molar-refractivity contribution is 0.354. The summed E-state index contributed by atoms with van der Waals surface area (Å²) in [5.74, 6) is 1.58. The van der Waals surface area contributed by atoms with E-state index in [0.717, 1.165) is 11.1 Å². The van der Waals surface area contributed by atoms with Crippen molar-refractivity contribution in [2.24, 2.45) is 10.7 Å². The highest BCUT2D eigenvalue weighted by atomic mass is 32.2. The summed E-state index contributed by atoms with van der Waals surface area (Å²) >= 11 is 0. The summed E-state index contributed by atoms with van der Waals surface area (Å²) in [6, 6.07) is 12.2. The Balaban J connectivity index is 1.96. The van der Waals surface area contributed by atoms with Crippen LogP contribution in [0.15, 0.2) is 52.4 Å². The van der Waals surface area contributed by atoms with Crippen LogP contribution in [0.3, 0.4) is 0 Å². The minimum Gasteiger partial charge on any atom is -0.493 e. The number of nitrogens with two attached hydrogens (primary N) is 1. The molecule has 0 spiro atoms. The van der Waals surface area contributed by atoms with Gasteiger partial charge in [-0.2, -0.15) is 0 Å². The quantitative estimate of drug-likeness (QED) is 0.509. The first-order valence-corrected chi connectivity index (χ1v) is 9.98. The van der Waals surface area contributed by atoms with Gasteiger partial charge in [-0.3, -0.25) is 0 Å². The smallest absolute Gasteiger partial charge is 0.242 e. The molecule has 0 saturated carbocycles. The number of nitrogens with one attached hydrogen (secondary N) is 1. The van der Waals surface area contributed by atoms with Gasteiger partial charge in [-0.05, 0) is 35.4 Å². The van der Waals surface area contributed by atoms with Gasteiger partial charge in [0.05, 0.1) is 25.7 Å². The molecular formula is C19H26N4O4S. The average Bonchev–Trinajstić information content (AvgIpc) is 2.70. The van der Waals surface area contributed by atoms with Crippen LogP contribution in [0.2, 0.25) is 0 Å². The van der Waals surface area contributed by atoms with Gasteiger partial charge in [0.25, 0.3) is 0 Å². The van der Waals surface area contributed by atoms with Gasteiger partial charge in [0, 0.05) is 20.6 Å². The molecule has 0 amide bonds. The van der Waals surface area contributed by atoms with Crippen molar-refractivity contribution in [1.29, 1.82) is 0 Å². The molecule has 0 saturated heterocycles. The lowest BCUT2D eigenvalue weighted by atomic mass is 10.2. The van der Waals surface area contributed by atoms with Gasteiger partial charge in [0.2, 0.25) is 10.0 Å². The number of guanidine groups is 1. The summed E-state index contributed by atoms with van der Waals surface area (Å²) in [4.78, 5) is 4.55. The molecule has 0 unspecified atom stereocenters. The van der Waals surface area contributed by atoms with Crippen LogP contribution in [0, 0.1) is 0 Å². The molecule has 28 heavy (non-hydrogen) atoms. The Morgan fingerprint density at radius 2 is 1.64 bits per heavy atom. The molecule has 152 valence electrons. The molecule has 3 N–H and O–H groups in total. The number of benzene rings is 2. The maximum Gasteiger partial charge on any atom is 0.242 e. The summed E-state index contributed by atoms with van der Waals surface area (Å²) in [6.45, 7) is 0.822. The van der Waals surface area contributed by atoms with Crippen LogP contribution in [0.5, 0.6) is 11.5 Å². The third-order valence-electron chi connectivity index (χ3n) is 4.06. The molecule has 0 heterocycles. The summed E-state index contributed by atoms with van der Waals surface area (Å²) in [5.41, 5.74) is 7.74. The largest absolute Gasteiger partial charge is 0.493 e. The molecule has 0 aliphatic heterocycles. The molecular weight excluding hydrogens is 380 g/mol. The second kappa shape index (κ2) is 9.43. The lowest BCUT2D eigenvalue weighted by Crippen LogP contribution is -2.31. The van der Waals surface area contributed by atoms with E-state index in [1.807, 2.05) is 18.2 Å². The lowest BCUT2D eigenvalue weighted by Gasteiger charge is -2.12. The standard InChI is InChI=1S/C19H26N4O4S/c1-23(2)28(24,25)16-8-5-14(6-9-16)12-21-19(20)22-13-15-7-10-17(26-3)18(11-15)27-4/h5-11H,12-13H2,1-4H3,(H3,20,21,22). The Bertz CT molecular complexity index is 925. The number of hydrogen-bond acceptors (Lipinski definition) is 5. The van der Waals surface area contributed by atoms with Crippen molar-refractivity contribution in [2.75, 3.05) is 28.3 Å². The van der Waals surface area contributed by atoms with E-state index < -0.39 is 10.0 Å². The van der Waals surface area contributed by atoms with Gasteiger partial charge in [-0.25, -0.2) is 17.7 Å². The van der Waals surface area contributed by atoms with Crippen LogP contribution < -0.4 is 20.5 Å². The van der Waals surface area contributed by atoms with E-state index in [-0.39, 0.29) is 4.90 Å². The minimum absolute atomic E-state index is 0.247. The highest BCUT2D eigenvalue weighted by Gasteiger charge is 2.16. The Hall–Kier alpha value is -2.78. The second-order valence-electron chi connectivity index (χ2n) is 6.18. The monoisotopic (exact) mass is 406 g/mol. The van der Waals surface area contributed by atoms with E-state index in [2.05, 4.69) is 10.3 Å². The molecule has 9 heteroatoms. The fraction of sp³-hybridized carbons (Fsp3) is 0.316. The minimum atomic E-state index is -3.43. The highest BCUT2D eigenvalue weighted by molar-refractivity contribution is 7.89. The number of hydrogen-bond donors (Lipinski definition) is 2. The van der Waals surface area contributed by atoms with Gasteiger partial charge in [-0.15, -0.1) is 0 Å². The van der Waals surface area contributed by atoms with E-state index in [1.165, 1.54) is 18.4 Å². The van der Waals surface area contributed by atoms with Crippen molar-refractivity contribution in [2.45, 2.75) is 18.0 Å².